The van der Waals surface area contributed by atoms with Gasteiger partial charge in [0.15, 0.2) is 0 Å². The lowest BCUT2D eigenvalue weighted by Crippen LogP contribution is -2.32. The Hall–Kier alpha value is -6.71. The average molecular weight is 652 g/mol. The lowest BCUT2D eigenvalue weighted by Gasteiger charge is -2.39. The minimum Gasteiger partial charge on any atom is -0.457 e. The Morgan fingerprint density at radius 2 is 1.00 bits per heavy atom. The number of pyridine rings is 1. The van der Waals surface area contributed by atoms with E-state index >= 15 is 0 Å². The van der Waals surface area contributed by atoms with Crippen molar-refractivity contribution in [2.24, 2.45) is 0 Å². The molecule has 0 saturated carbocycles. The Bertz CT molecular complexity index is 2800. The molecule has 0 fully saturated rings. The lowest BCUT2D eigenvalue weighted by atomic mass is 9.66. The van der Waals surface area contributed by atoms with Crippen LogP contribution in [-0.2, 0) is 5.41 Å². The van der Waals surface area contributed by atoms with Gasteiger partial charge in [-0.25, -0.2) is 4.98 Å². The van der Waals surface area contributed by atoms with E-state index in [1.54, 1.807) is 0 Å². The summed E-state index contributed by atoms with van der Waals surface area (Å²) in [7, 11) is 0. The number of fused-ring (bicyclic) bond motifs is 12. The van der Waals surface area contributed by atoms with Gasteiger partial charge in [0.25, 0.3) is 0 Å². The van der Waals surface area contributed by atoms with Gasteiger partial charge in [0.05, 0.1) is 16.8 Å². The topological polar surface area (TPSA) is 35.3 Å². The molecule has 0 saturated heterocycles. The third-order valence-electron chi connectivity index (χ3n) is 10.8. The van der Waals surface area contributed by atoms with Gasteiger partial charge in [0.2, 0.25) is 0 Å². The van der Waals surface area contributed by atoms with Crippen molar-refractivity contribution in [2.75, 3.05) is 0 Å². The van der Waals surface area contributed by atoms with Crippen LogP contribution in [0.4, 0.5) is 0 Å². The lowest BCUT2D eigenvalue weighted by molar-refractivity contribution is 0.436. The van der Waals surface area contributed by atoms with Crippen LogP contribution in [-0.4, -0.2) is 4.98 Å². The molecular weight excluding hydrogens is 623 g/mol. The van der Waals surface area contributed by atoms with Crippen molar-refractivity contribution in [1.82, 2.24) is 4.98 Å². The number of para-hydroxylation sites is 4. The number of ether oxygens (including phenoxy) is 1. The molecule has 1 aliphatic heterocycles. The Kier molecular flexibility index (Phi) is 5.88. The summed E-state index contributed by atoms with van der Waals surface area (Å²) in [6.07, 6.45) is 0. The summed E-state index contributed by atoms with van der Waals surface area (Å²) in [5.74, 6) is 1.79. The van der Waals surface area contributed by atoms with E-state index in [0.717, 1.165) is 78.2 Å². The predicted molar refractivity (Wildman–Crippen MR) is 205 cm³/mol. The zero-order valence-electron chi connectivity index (χ0n) is 27.5. The van der Waals surface area contributed by atoms with Crippen molar-refractivity contribution in [3.05, 3.63) is 198 Å². The van der Waals surface area contributed by atoms with Crippen LogP contribution in [0.5, 0.6) is 11.5 Å². The molecule has 9 aromatic rings. The molecule has 1 aliphatic carbocycles. The van der Waals surface area contributed by atoms with Crippen LogP contribution in [0.2, 0.25) is 0 Å². The predicted octanol–water partition coefficient (Wildman–Crippen LogP) is 12.5. The van der Waals surface area contributed by atoms with Gasteiger partial charge in [0.1, 0.15) is 22.7 Å². The second-order valence-electron chi connectivity index (χ2n) is 13.4. The Morgan fingerprint density at radius 1 is 0.392 bits per heavy atom. The number of hydrogen-bond donors (Lipinski definition) is 0. The first kappa shape index (κ1) is 28.2. The second kappa shape index (κ2) is 10.6. The maximum atomic E-state index is 6.53. The molecule has 0 unspecified atom stereocenters. The van der Waals surface area contributed by atoms with E-state index in [1.165, 1.54) is 22.3 Å². The molecule has 0 atom stereocenters. The minimum atomic E-state index is -0.503. The number of aromatic nitrogens is 1. The molecule has 1 spiro atoms. The summed E-state index contributed by atoms with van der Waals surface area (Å²) < 4.78 is 13.0. The van der Waals surface area contributed by atoms with Gasteiger partial charge in [-0.05, 0) is 64.2 Å². The number of nitrogens with zero attached hydrogens (tertiary/aromatic N) is 1. The van der Waals surface area contributed by atoms with Crippen molar-refractivity contribution in [2.45, 2.75) is 5.41 Å². The van der Waals surface area contributed by atoms with E-state index in [9.17, 15) is 0 Å². The van der Waals surface area contributed by atoms with Gasteiger partial charge >= 0.3 is 0 Å². The van der Waals surface area contributed by atoms with E-state index in [1.807, 2.05) is 18.2 Å². The van der Waals surface area contributed by atoms with Crippen molar-refractivity contribution in [3.63, 3.8) is 0 Å². The van der Waals surface area contributed by atoms with E-state index in [4.69, 9.17) is 14.1 Å². The van der Waals surface area contributed by atoms with Crippen LogP contribution >= 0.6 is 0 Å². The van der Waals surface area contributed by atoms with Gasteiger partial charge in [-0.3, -0.25) is 0 Å². The van der Waals surface area contributed by atoms with Crippen LogP contribution < -0.4 is 4.74 Å². The third kappa shape index (κ3) is 3.97. The smallest absolute Gasteiger partial charge is 0.143 e. The summed E-state index contributed by atoms with van der Waals surface area (Å²) in [4.78, 5) is 5.33. The Balaban J connectivity index is 1.16. The average Bonchev–Trinajstić information content (AvgIpc) is 3.72. The maximum Gasteiger partial charge on any atom is 0.143 e. The summed E-state index contributed by atoms with van der Waals surface area (Å²) in [6.45, 7) is 0. The molecule has 0 bridgehead atoms. The van der Waals surface area contributed by atoms with Gasteiger partial charge < -0.3 is 9.15 Å². The van der Waals surface area contributed by atoms with Crippen LogP contribution in [0.3, 0.4) is 0 Å². The van der Waals surface area contributed by atoms with E-state index in [2.05, 4.69) is 158 Å². The first-order chi connectivity index (χ1) is 25.3. The fraction of sp³-hybridized carbons (Fsp3) is 0.0208. The highest BCUT2D eigenvalue weighted by atomic mass is 16.5. The quantitative estimate of drug-likeness (QED) is 0.191. The Morgan fingerprint density at radius 3 is 1.80 bits per heavy atom. The normalized spacial score (nSPS) is 13.4. The van der Waals surface area contributed by atoms with E-state index in [0.29, 0.717) is 0 Å². The number of hydrogen-bond acceptors (Lipinski definition) is 3. The molecule has 3 heteroatoms. The number of benzene rings is 7. The first-order valence-corrected chi connectivity index (χ1v) is 17.4. The monoisotopic (exact) mass is 651 g/mol. The third-order valence-corrected chi connectivity index (χ3v) is 10.8. The highest BCUT2D eigenvalue weighted by molar-refractivity contribution is 6.09. The molecule has 51 heavy (non-hydrogen) atoms. The van der Waals surface area contributed by atoms with Gasteiger partial charge in [-0.15, -0.1) is 0 Å². The molecule has 238 valence electrons. The zero-order chi connectivity index (χ0) is 33.5. The van der Waals surface area contributed by atoms with Crippen molar-refractivity contribution in [3.8, 4) is 56.3 Å². The summed E-state index contributed by atoms with van der Waals surface area (Å²) in [5.41, 5.74) is 14.6. The van der Waals surface area contributed by atoms with Crippen molar-refractivity contribution in [1.29, 1.82) is 0 Å². The van der Waals surface area contributed by atoms with E-state index in [-0.39, 0.29) is 0 Å². The molecule has 0 amide bonds. The molecule has 3 nitrogen and oxygen atoms in total. The van der Waals surface area contributed by atoms with Crippen LogP contribution in [0, 0.1) is 0 Å². The second-order valence-corrected chi connectivity index (χ2v) is 13.4. The number of furan rings is 1. The van der Waals surface area contributed by atoms with Crippen LogP contribution in [0.15, 0.2) is 180 Å². The number of rotatable bonds is 3. The summed E-state index contributed by atoms with van der Waals surface area (Å²) in [6, 6.07) is 62.2. The van der Waals surface area contributed by atoms with Gasteiger partial charge in [-0.2, -0.15) is 0 Å². The van der Waals surface area contributed by atoms with E-state index < -0.39 is 5.41 Å². The van der Waals surface area contributed by atoms with Crippen molar-refractivity contribution < 1.29 is 9.15 Å². The van der Waals surface area contributed by atoms with Crippen molar-refractivity contribution >= 4 is 21.9 Å². The maximum absolute atomic E-state index is 6.53. The Labute approximate surface area is 295 Å². The highest BCUT2D eigenvalue weighted by Crippen LogP contribution is 2.62. The zero-order valence-corrected chi connectivity index (χ0v) is 27.5. The largest absolute Gasteiger partial charge is 0.457 e. The fourth-order valence-corrected chi connectivity index (χ4v) is 8.58. The van der Waals surface area contributed by atoms with Crippen LogP contribution in [0.25, 0.3) is 66.7 Å². The molecular formula is C48H29NO2. The summed E-state index contributed by atoms with van der Waals surface area (Å²) in [5, 5.41) is 2.23. The minimum absolute atomic E-state index is 0.503. The molecule has 11 rings (SSSR count). The highest BCUT2D eigenvalue weighted by Gasteiger charge is 2.50. The molecule has 0 radical (unpaired) electrons. The molecule has 3 heterocycles. The molecule has 0 N–H and O–H groups in total. The van der Waals surface area contributed by atoms with Gasteiger partial charge in [0, 0.05) is 38.6 Å². The SMILES string of the molecule is c1ccc(-c2cc(-c3cccc4c3oc3ccccc34)cc(-c3ccc4c(c3)-c3ccccc3C43c4ccccc4Oc4ccccc43)n2)cc1. The molecule has 2 aromatic heterocycles. The molecule has 2 aliphatic rings. The fourth-order valence-electron chi connectivity index (χ4n) is 8.58. The molecule has 7 aromatic carbocycles. The standard InChI is InChI=1S/C48H29NO2/c1-2-13-30(14-3-1)42-28-32(33-17-12-18-36-35-16-5-9-22-44(35)51-47(33)36)29-43(49-42)31-25-26-39-37(27-31)34-15-4-6-19-38(34)48(39)40-20-7-10-23-45(40)50-46-24-11-8-21-41(46)48/h1-29H. The summed E-state index contributed by atoms with van der Waals surface area (Å²) >= 11 is 0. The first-order valence-electron chi connectivity index (χ1n) is 17.4. The van der Waals surface area contributed by atoms with Crippen LogP contribution in [0.1, 0.15) is 22.3 Å². The van der Waals surface area contributed by atoms with Gasteiger partial charge in [-0.1, -0.05) is 140 Å².